The SMILES string of the molecule is CCCOc1ccc(C(=O)NCCCCCCNC(=O)c2ccc(OCCC)c(Br)c2)cc1Br. The van der Waals surface area contributed by atoms with E-state index in [9.17, 15) is 9.59 Å². The monoisotopic (exact) mass is 596 g/mol. The maximum atomic E-state index is 12.3. The Labute approximate surface area is 219 Å². The lowest BCUT2D eigenvalue weighted by molar-refractivity contribution is 0.0943. The molecule has 0 aliphatic carbocycles. The molecule has 8 heteroatoms. The Morgan fingerprint density at radius 3 is 1.47 bits per heavy atom. The number of benzene rings is 2. The van der Waals surface area contributed by atoms with Crippen molar-refractivity contribution < 1.29 is 19.1 Å². The van der Waals surface area contributed by atoms with Gasteiger partial charge >= 0.3 is 0 Å². The molecule has 0 aromatic heterocycles. The third kappa shape index (κ3) is 9.66. The summed E-state index contributed by atoms with van der Waals surface area (Å²) in [6.45, 7) is 6.64. The lowest BCUT2D eigenvalue weighted by Gasteiger charge is -2.10. The van der Waals surface area contributed by atoms with Gasteiger partial charge in [-0.05, 0) is 93.9 Å². The molecule has 0 aliphatic heterocycles. The first-order chi connectivity index (χ1) is 16.5. The zero-order valence-electron chi connectivity index (χ0n) is 19.9. The van der Waals surface area contributed by atoms with E-state index < -0.39 is 0 Å². The van der Waals surface area contributed by atoms with E-state index in [-0.39, 0.29) is 11.8 Å². The Morgan fingerprint density at radius 1 is 0.706 bits per heavy atom. The molecule has 0 atom stereocenters. The van der Waals surface area contributed by atoms with Gasteiger partial charge in [-0.15, -0.1) is 0 Å². The summed E-state index contributed by atoms with van der Waals surface area (Å²) < 4.78 is 12.8. The molecule has 2 aromatic rings. The van der Waals surface area contributed by atoms with Crippen LogP contribution in [0.4, 0.5) is 0 Å². The number of hydrogen-bond acceptors (Lipinski definition) is 4. The molecule has 0 unspecified atom stereocenters. The zero-order chi connectivity index (χ0) is 24.8. The van der Waals surface area contributed by atoms with Crippen LogP contribution in [-0.4, -0.2) is 38.1 Å². The molecule has 186 valence electrons. The minimum absolute atomic E-state index is 0.0905. The predicted molar refractivity (Wildman–Crippen MR) is 143 cm³/mol. The summed E-state index contributed by atoms with van der Waals surface area (Å²) in [5, 5.41) is 5.91. The molecule has 6 nitrogen and oxygen atoms in total. The van der Waals surface area contributed by atoms with E-state index in [4.69, 9.17) is 9.47 Å². The predicted octanol–water partition coefficient (Wildman–Crippen LogP) is 6.51. The minimum Gasteiger partial charge on any atom is -0.492 e. The van der Waals surface area contributed by atoms with Crippen molar-refractivity contribution in [3.05, 3.63) is 56.5 Å². The van der Waals surface area contributed by atoms with Crippen LogP contribution in [0.1, 0.15) is 73.1 Å². The average Bonchev–Trinajstić information content (AvgIpc) is 2.83. The molecule has 0 heterocycles. The van der Waals surface area contributed by atoms with E-state index >= 15 is 0 Å². The first kappa shape index (κ1) is 28.2. The fourth-order valence-electron chi connectivity index (χ4n) is 3.15. The average molecular weight is 598 g/mol. The molecule has 0 fully saturated rings. The van der Waals surface area contributed by atoms with Gasteiger partial charge in [0.2, 0.25) is 0 Å². The van der Waals surface area contributed by atoms with Gasteiger partial charge in [-0.3, -0.25) is 9.59 Å². The Hall–Kier alpha value is -2.06. The van der Waals surface area contributed by atoms with E-state index in [0.29, 0.717) is 37.4 Å². The van der Waals surface area contributed by atoms with Crippen molar-refractivity contribution in [3.63, 3.8) is 0 Å². The van der Waals surface area contributed by atoms with Gasteiger partial charge in [-0.2, -0.15) is 0 Å². The van der Waals surface area contributed by atoms with Crippen molar-refractivity contribution in [2.45, 2.75) is 52.4 Å². The smallest absolute Gasteiger partial charge is 0.251 e. The normalized spacial score (nSPS) is 10.6. The van der Waals surface area contributed by atoms with Gasteiger partial charge in [0.05, 0.1) is 22.2 Å². The molecular formula is C26H34Br2N2O4. The van der Waals surface area contributed by atoms with Crippen LogP contribution in [0.3, 0.4) is 0 Å². The van der Waals surface area contributed by atoms with Crippen LogP contribution in [0, 0.1) is 0 Å². The number of halogens is 2. The van der Waals surface area contributed by atoms with E-state index in [2.05, 4.69) is 56.3 Å². The van der Waals surface area contributed by atoms with Crippen molar-refractivity contribution in [2.75, 3.05) is 26.3 Å². The third-order valence-electron chi connectivity index (χ3n) is 4.99. The summed E-state index contributed by atoms with van der Waals surface area (Å²) in [6, 6.07) is 10.8. The van der Waals surface area contributed by atoms with Crippen LogP contribution in [0.5, 0.6) is 11.5 Å². The number of carbonyl (C=O) groups is 2. The topological polar surface area (TPSA) is 76.7 Å². The second-order valence-corrected chi connectivity index (χ2v) is 9.62. The van der Waals surface area contributed by atoms with Crippen LogP contribution < -0.4 is 20.1 Å². The summed E-state index contributed by atoms with van der Waals surface area (Å²) in [5.74, 6) is 1.31. The Balaban J connectivity index is 1.59. The van der Waals surface area contributed by atoms with Gasteiger partial charge in [0.15, 0.2) is 0 Å². The number of ether oxygens (including phenoxy) is 2. The molecule has 0 saturated heterocycles. The first-order valence-corrected chi connectivity index (χ1v) is 13.5. The maximum absolute atomic E-state index is 12.3. The van der Waals surface area contributed by atoms with Gasteiger partial charge < -0.3 is 20.1 Å². The molecule has 2 aromatic carbocycles. The van der Waals surface area contributed by atoms with Crippen molar-refractivity contribution in [3.8, 4) is 11.5 Å². The molecule has 0 radical (unpaired) electrons. The maximum Gasteiger partial charge on any atom is 0.251 e. The molecule has 0 aliphatic rings. The van der Waals surface area contributed by atoms with Crippen molar-refractivity contribution in [1.82, 2.24) is 10.6 Å². The number of carbonyl (C=O) groups excluding carboxylic acids is 2. The quantitative estimate of drug-likeness (QED) is 0.229. The van der Waals surface area contributed by atoms with Crippen LogP contribution in [0.15, 0.2) is 45.3 Å². The van der Waals surface area contributed by atoms with Gasteiger partial charge in [-0.1, -0.05) is 26.7 Å². The summed E-state index contributed by atoms with van der Waals surface area (Å²) >= 11 is 6.92. The van der Waals surface area contributed by atoms with Crippen molar-refractivity contribution in [2.24, 2.45) is 0 Å². The molecule has 2 amide bonds. The highest BCUT2D eigenvalue weighted by molar-refractivity contribution is 9.10. The highest BCUT2D eigenvalue weighted by Gasteiger charge is 2.10. The van der Waals surface area contributed by atoms with Crippen LogP contribution in [0.2, 0.25) is 0 Å². The Bertz CT molecular complexity index is 862. The van der Waals surface area contributed by atoms with Gasteiger partial charge in [0.1, 0.15) is 11.5 Å². The summed E-state index contributed by atoms with van der Waals surface area (Å²) in [7, 11) is 0. The molecule has 2 N–H and O–H groups in total. The first-order valence-electron chi connectivity index (χ1n) is 11.9. The molecule has 0 spiro atoms. The van der Waals surface area contributed by atoms with E-state index in [1.165, 1.54) is 0 Å². The van der Waals surface area contributed by atoms with Gasteiger partial charge in [0, 0.05) is 24.2 Å². The number of rotatable bonds is 15. The molecular weight excluding hydrogens is 564 g/mol. The number of amides is 2. The van der Waals surface area contributed by atoms with Crippen LogP contribution >= 0.6 is 31.9 Å². The van der Waals surface area contributed by atoms with Crippen LogP contribution in [-0.2, 0) is 0 Å². The van der Waals surface area contributed by atoms with E-state index in [1.54, 1.807) is 24.3 Å². The highest BCUT2D eigenvalue weighted by Crippen LogP contribution is 2.27. The molecule has 34 heavy (non-hydrogen) atoms. The lowest BCUT2D eigenvalue weighted by atomic mass is 10.1. The van der Waals surface area contributed by atoms with Crippen molar-refractivity contribution >= 4 is 43.7 Å². The number of nitrogens with one attached hydrogen (secondary N) is 2. The summed E-state index contributed by atoms with van der Waals surface area (Å²) in [4.78, 5) is 24.7. The van der Waals surface area contributed by atoms with E-state index in [1.807, 2.05) is 12.1 Å². The largest absolute Gasteiger partial charge is 0.492 e. The van der Waals surface area contributed by atoms with E-state index in [0.717, 1.165) is 59.0 Å². The lowest BCUT2D eigenvalue weighted by Crippen LogP contribution is -2.25. The highest BCUT2D eigenvalue weighted by atomic mass is 79.9. The second kappa shape index (κ2) is 15.8. The fraction of sp³-hybridized carbons (Fsp3) is 0.462. The summed E-state index contributed by atoms with van der Waals surface area (Å²) in [6.07, 6.45) is 5.62. The summed E-state index contributed by atoms with van der Waals surface area (Å²) in [5.41, 5.74) is 1.21. The number of unbranched alkanes of at least 4 members (excludes halogenated alkanes) is 3. The minimum atomic E-state index is -0.0905. The Kier molecular flexibility index (Phi) is 13.1. The third-order valence-corrected chi connectivity index (χ3v) is 6.23. The van der Waals surface area contributed by atoms with Gasteiger partial charge in [-0.25, -0.2) is 0 Å². The van der Waals surface area contributed by atoms with Crippen LogP contribution in [0.25, 0.3) is 0 Å². The van der Waals surface area contributed by atoms with Gasteiger partial charge in [0.25, 0.3) is 11.8 Å². The fourth-order valence-corrected chi connectivity index (χ4v) is 4.14. The Morgan fingerprint density at radius 2 is 1.12 bits per heavy atom. The standard InChI is InChI=1S/C26H34Br2N2O4/c1-3-15-33-23-11-9-19(17-21(23)27)25(31)29-13-7-5-6-8-14-30-26(32)20-10-12-24(22(28)18-20)34-16-4-2/h9-12,17-18H,3-8,13-16H2,1-2H3,(H,29,31)(H,30,32). The number of hydrogen-bond donors (Lipinski definition) is 2. The molecule has 0 bridgehead atoms. The zero-order valence-corrected chi connectivity index (χ0v) is 23.1. The molecule has 0 saturated carbocycles. The molecule has 2 rings (SSSR count). The van der Waals surface area contributed by atoms with Crippen molar-refractivity contribution in [1.29, 1.82) is 0 Å². The second-order valence-electron chi connectivity index (χ2n) is 7.91.